The number of aryl methyl sites for hydroxylation is 1. The molecule has 2 amide bonds. The predicted molar refractivity (Wildman–Crippen MR) is 134 cm³/mol. The van der Waals surface area contributed by atoms with E-state index in [-0.39, 0.29) is 11.8 Å². The number of ether oxygens (including phenoxy) is 1. The number of carbonyl (C=O) groups excluding carboxylic acids is 2. The highest BCUT2D eigenvalue weighted by Crippen LogP contribution is 2.31. The Kier molecular flexibility index (Phi) is 9.12. The van der Waals surface area contributed by atoms with Gasteiger partial charge in [0, 0.05) is 49.1 Å². The van der Waals surface area contributed by atoms with Gasteiger partial charge in [0.15, 0.2) is 0 Å². The lowest BCUT2D eigenvalue weighted by molar-refractivity contribution is -0.128. The van der Waals surface area contributed by atoms with E-state index in [9.17, 15) is 9.59 Å². The summed E-state index contributed by atoms with van der Waals surface area (Å²) >= 11 is 6.17. The maximum absolute atomic E-state index is 12.0. The van der Waals surface area contributed by atoms with Crippen molar-refractivity contribution in [3.05, 3.63) is 88.1 Å². The molecule has 0 fully saturated rings. The lowest BCUT2D eigenvalue weighted by Crippen LogP contribution is -2.31. The monoisotopic (exact) mass is 469 g/mol. The Labute approximate surface area is 201 Å². The number of allylic oxidation sites excluding steroid dienone is 5. The van der Waals surface area contributed by atoms with Gasteiger partial charge in [0.1, 0.15) is 5.76 Å². The number of nitrogens with zero attached hydrogens (tertiary/aromatic N) is 2. The van der Waals surface area contributed by atoms with Crippen molar-refractivity contribution in [3.8, 4) is 0 Å². The molecule has 1 aromatic carbocycles. The smallest absolute Gasteiger partial charge is 0.251 e. The van der Waals surface area contributed by atoms with Crippen molar-refractivity contribution in [1.29, 1.82) is 0 Å². The van der Waals surface area contributed by atoms with E-state index in [4.69, 9.17) is 16.3 Å². The van der Waals surface area contributed by atoms with E-state index >= 15 is 0 Å². The van der Waals surface area contributed by atoms with Crippen LogP contribution in [0.5, 0.6) is 0 Å². The molecule has 0 unspecified atom stereocenters. The highest BCUT2D eigenvalue weighted by molar-refractivity contribution is 6.31. The number of nitrogens with one attached hydrogen (secondary N) is 1. The number of halogens is 1. The quantitative estimate of drug-likeness (QED) is 0.432. The molecule has 0 atom stereocenters. The molecular weight excluding hydrogens is 438 g/mol. The molecule has 0 radical (unpaired) electrons. The summed E-state index contributed by atoms with van der Waals surface area (Å²) in [6.07, 6.45) is 7.34. The Hall–Kier alpha value is -3.25. The topological polar surface area (TPSA) is 61.9 Å². The number of benzene rings is 1. The first-order valence-electron chi connectivity index (χ1n) is 10.7. The van der Waals surface area contributed by atoms with Crippen LogP contribution in [-0.2, 0) is 9.53 Å². The zero-order valence-electron chi connectivity index (χ0n) is 20.2. The molecule has 1 aliphatic rings. The number of methoxy groups -OCH3 is 1. The van der Waals surface area contributed by atoms with Crippen molar-refractivity contribution in [2.75, 3.05) is 27.2 Å². The van der Waals surface area contributed by atoms with Gasteiger partial charge in [0.25, 0.3) is 5.91 Å². The summed E-state index contributed by atoms with van der Waals surface area (Å²) in [6, 6.07) is 5.60. The molecule has 0 aliphatic carbocycles. The molecule has 2 rings (SSSR count). The van der Waals surface area contributed by atoms with Crippen LogP contribution in [0.25, 0.3) is 5.57 Å². The molecule has 0 saturated carbocycles. The minimum Gasteiger partial charge on any atom is -0.499 e. The minimum absolute atomic E-state index is 0.0275. The third-order valence-corrected chi connectivity index (χ3v) is 5.73. The summed E-state index contributed by atoms with van der Waals surface area (Å²) in [6.45, 7) is 12.5. The van der Waals surface area contributed by atoms with Gasteiger partial charge in [-0.1, -0.05) is 24.2 Å². The lowest BCUT2D eigenvalue weighted by Gasteiger charge is -2.28. The molecule has 0 saturated heterocycles. The van der Waals surface area contributed by atoms with Crippen LogP contribution in [-0.4, -0.2) is 48.9 Å². The van der Waals surface area contributed by atoms with Crippen LogP contribution in [0.4, 0.5) is 0 Å². The molecule has 6 nitrogen and oxygen atoms in total. The molecule has 0 bridgehead atoms. The van der Waals surface area contributed by atoms with Gasteiger partial charge in [-0.25, -0.2) is 0 Å². The molecule has 1 N–H and O–H groups in total. The van der Waals surface area contributed by atoms with Crippen LogP contribution in [0.3, 0.4) is 0 Å². The normalized spacial score (nSPS) is 14.5. The molecule has 176 valence electrons. The SMILES string of the molecule is C=C1C=C(Cl)C=CN1C(/C=C(\CN(CC)C(C)=O)OC)=C(\C)c1ccc(C(=O)NC)cc1C. The fourth-order valence-corrected chi connectivity index (χ4v) is 3.76. The Morgan fingerprint density at radius 2 is 2.00 bits per heavy atom. The van der Waals surface area contributed by atoms with Crippen LogP contribution in [0.15, 0.2) is 71.4 Å². The highest BCUT2D eigenvalue weighted by Gasteiger charge is 2.19. The van der Waals surface area contributed by atoms with Gasteiger partial charge in [-0.05, 0) is 61.8 Å². The number of likely N-dealkylation sites (N-methyl/N-ethyl adjacent to an activating group) is 1. The van der Waals surface area contributed by atoms with E-state index in [1.54, 1.807) is 37.3 Å². The van der Waals surface area contributed by atoms with Gasteiger partial charge < -0.3 is 19.9 Å². The molecule has 1 heterocycles. The second-order valence-corrected chi connectivity index (χ2v) is 8.11. The fourth-order valence-electron chi connectivity index (χ4n) is 3.58. The molecular formula is C26H32ClN3O3. The van der Waals surface area contributed by atoms with Crippen molar-refractivity contribution in [1.82, 2.24) is 15.1 Å². The number of amides is 2. The molecule has 0 aromatic heterocycles. The van der Waals surface area contributed by atoms with Gasteiger partial charge in [-0.2, -0.15) is 0 Å². The standard InChI is InChI=1S/C26H32ClN3O3/c1-8-29(20(5)31)16-23(33-7)15-25(30-12-11-22(27)14-18(30)3)19(4)24-10-9-21(13-17(24)2)26(32)28-6/h9-15H,3,8,16H2,1-2,4-7H3,(H,28,32)/b23-15+,25-19+. The molecule has 7 heteroatoms. The van der Waals surface area contributed by atoms with E-state index in [0.717, 1.165) is 22.4 Å². The summed E-state index contributed by atoms with van der Waals surface area (Å²) in [4.78, 5) is 27.6. The molecule has 1 aromatic rings. The van der Waals surface area contributed by atoms with E-state index in [0.29, 0.717) is 35.1 Å². The van der Waals surface area contributed by atoms with Crippen LogP contribution in [0.2, 0.25) is 0 Å². The van der Waals surface area contributed by atoms with Gasteiger partial charge in [-0.15, -0.1) is 0 Å². The van der Waals surface area contributed by atoms with Crippen LogP contribution in [0.1, 0.15) is 42.3 Å². The summed E-state index contributed by atoms with van der Waals surface area (Å²) < 4.78 is 5.65. The average Bonchev–Trinajstić information content (AvgIpc) is 2.78. The maximum atomic E-state index is 12.0. The molecule has 33 heavy (non-hydrogen) atoms. The van der Waals surface area contributed by atoms with Crippen LogP contribution < -0.4 is 5.32 Å². The van der Waals surface area contributed by atoms with Crippen molar-refractivity contribution >= 4 is 29.0 Å². The van der Waals surface area contributed by atoms with E-state index in [2.05, 4.69) is 11.9 Å². The first-order chi connectivity index (χ1) is 15.6. The Morgan fingerprint density at radius 3 is 2.52 bits per heavy atom. The van der Waals surface area contributed by atoms with E-state index in [1.807, 2.05) is 50.1 Å². The predicted octanol–water partition coefficient (Wildman–Crippen LogP) is 4.95. The van der Waals surface area contributed by atoms with E-state index < -0.39 is 0 Å². The van der Waals surface area contributed by atoms with Crippen molar-refractivity contribution in [2.24, 2.45) is 0 Å². The van der Waals surface area contributed by atoms with Gasteiger partial charge in [-0.3, -0.25) is 9.59 Å². The van der Waals surface area contributed by atoms with Gasteiger partial charge in [0.2, 0.25) is 5.91 Å². The van der Waals surface area contributed by atoms with E-state index in [1.165, 1.54) is 6.92 Å². The zero-order chi connectivity index (χ0) is 24.7. The molecule has 0 spiro atoms. The first-order valence-corrected chi connectivity index (χ1v) is 11.1. The van der Waals surface area contributed by atoms with Crippen molar-refractivity contribution in [2.45, 2.75) is 27.7 Å². The zero-order valence-corrected chi connectivity index (χ0v) is 20.9. The summed E-state index contributed by atoms with van der Waals surface area (Å²) in [7, 11) is 3.20. The summed E-state index contributed by atoms with van der Waals surface area (Å²) in [5.74, 6) is 0.465. The second-order valence-electron chi connectivity index (χ2n) is 7.67. The lowest BCUT2D eigenvalue weighted by atomic mass is 9.96. The second kappa shape index (κ2) is 11.6. The Morgan fingerprint density at radius 1 is 1.30 bits per heavy atom. The van der Waals surface area contributed by atoms with Crippen molar-refractivity contribution in [3.63, 3.8) is 0 Å². The number of hydrogen-bond acceptors (Lipinski definition) is 4. The minimum atomic E-state index is -0.135. The van der Waals surface area contributed by atoms with Crippen LogP contribution in [0, 0.1) is 6.92 Å². The number of hydrogen-bond donors (Lipinski definition) is 1. The maximum Gasteiger partial charge on any atom is 0.251 e. The average molecular weight is 470 g/mol. The highest BCUT2D eigenvalue weighted by atomic mass is 35.5. The Bertz CT molecular complexity index is 1070. The largest absolute Gasteiger partial charge is 0.499 e. The molecule has 1 aliphatic heterocycles. The van der Waals surface area contributed by atoms with Gasteiger partial charge >= 0.3 is 0 Å². The van der Waals surface area contributed by atoms with Crippen molar-refractivity contribution < 1.29 is 14.3 Å². The summed E-state index contributed by atoms with van der Waals surface area (Å²) in [5.41, 5.74) is 5.00. The fraction of sp³-hybridized carbons (Fsp3) is 0.308. The Balaban J connectivity index is 2.65. The number of rotatable bonds is 8. The first kappa shape index (κ1) is 26.0. The van der Waals surface area contributed by atoms with Crippen LogP contribution >= 0.6 is 11.6 Å². The van der Waals surface area contributed by atoms with Gasteiger partial charge in [0.05, 0.1) is 19.4 Å². The third-order valence-electron chi connectivity index (χ3n) is 5.49. The number of carbonyl (C=O) groups is 2. The summed E-state index contributed by atoms with van der Waals surface area (Å²) in [5, 5.41) is 3.24. The third kappa shape index (κ3) is 6.39.